The van der Waals surface area contributed by atoms with Crippen molar-refractivity contribution >= 4 is 28.6 Å². The Kier molecular flexibility index (Phi) is 4.87. The van der Waals surface area contributed by atoms with Gasteiger partial charge < -0.3 is 9.47 Å². The lowest BCUT2D eigenvalue weighted by Crippen LogP contribution is -2.18. The molecule has 26 heavy (non-hydrogen) atoms. The SMILES string of the molecule is Cc1cc(C)c2c(OCC(=O)Oc3cc(C)c(Cl)c(C)c3)nn(C)c2n1. The summed E-state index contributed by atoms with van der Waals surface area (Å²) in [4.78, 5) is 16.6. The van der Waals surface area contributed by atoms with Crippen LogP contribution in [0.3, 0.4) is 0 Å². The smallest absolute Gasteiger partial charge is 0.349 e. The van der Waals surface area contributed by atoms with Gasteiger partial charge in [-0.05, 0) is 62.6 Å². The summed E-state index contributed by atoms with van der Waals surface area (Å²) in [5, 5.41) is 5.78. The normalized spacial score (nSPS) is 11.0. The molecule has 0 amide bonds. The molecule has 6 nitrogen and oxygen atoms in total. The van der Waals surface area contributed by atoms with Gasteiger partial charge >= 0.3 is 5.97 Å². The molecule has 0 aliphatic rings. The molecular formula is C19H20ClN3O3. The highest BCUT2D eigenvalue weighted by Crippen LogP contribution is 2.28. The van der Waals surface area contributed by atoms with E-state index in [0.29, 0.717) is 16.7 Å². The first-order valence-corrected chi connectivity index (χ1v) is 8.55. The van der Waals surface area contributed by atoms with Gasteiger partial charge in [0.25, 0.3) is 0 Å². The maximum Gasteiger partial charge on any atom is 0.349 e. The molecule has 3 aromatic rings. The second kappa shape index (κ2) is 6.96. The number of halogens is 1. The lowest BCUT2D eigenvalue weighted by molar-refractivity contribution is -0.136. The molecule has 0 bridgehead atoms. The van der Waals surface area contributed by atoms with Gasteiger partial charge in [-0.3, -0.25) is 0 Å². The van der Waals surface area contributed by atoms with E-state index in [2.05, 4.69) is 10.1 Å². The molecular weight excluding hydrogens is 354 g/mol. The number of aromatic nitrogens is 3. The van der Waals surface area contributed by atoms with Crippen LogP contribution in [0.2, 0.25) is 5.02 Å². The number of fused-ring (bicyclic) bond motifs is 1. The van der Waals surface area contributed by atoms with Crippen molar-refractivity contribution in [3.05, 3.63) is 45.6 Å². The van der Waals surface area contributed by atoms with Crippen molar-refractivity contribution in [3.8, 4) is 11.6 Å². The first-order valence-electron chi connectivity index (χ1n) is 8.17. The zero-order valence-corrected chi connectivity index (χ0v) is 16.1. The highest BCUT2D eigenvalue weighted by atomic mass is 35.5. The third-order valence-electron chi connectivity index (χ3n) is 4.06. The molecule has 0 saturated carbocycles. The molecule has 136 valence electrons. The Hall–Kier alpha value is -2.60. The van der Waals surface area contributed by atoms with Gasteiger partial charge in [-0.1, -0.05) is 11.6 Å². The van der Waals surface area contributed by atoms with Gasteiger partial charge in [0.05, 0.1) is 5.39 Å². The van der Waals surface area contributed by atoms with Crippen LogP contribution >= 0.6 is 11.6 Å². The second-order valence-electron chi connectivity index (χ2n) is 6.34. The minimum Gasteiger partial charge on any atom is -0.464 e. The van der Waals surface area contributed by atoms with Crippen LogP contribution in [0.15, 0.2) is 18.2 Å². The Morgan fingerprint density at radius 2 is 1.77 bits per heavy atom. The number of ether oxygens (including phenoxy) is 2. The molecule has 0 radical (unpaired) electrons. The van der Waals surface area contributed by atoms with Crippen molar-refractivity contribution in [1.82, 2.24) is 14.8 Å². The number of hydrogen-bond acceptors (Lipinski definition) is 5. The maximum atomic E-state index is 12.1. The Balaban J connectivity index is 1.75. The number of aryl methyl sites for hydroxylation is 5. The minimum absolute atomic E-state index is 0.250. The molecule has 0 fully saturated rings. The van der Waals surface area contributed by atoms with Gasteiger partial charge in [-0.25, -0.2) is 14.5 Å². The molecule has 0 saturated heterocycles. The van der Waals surface area contributed by atoms with E-state index in [1.807, 2.05) is 33.8 Å². The number of rotatable bonds is 4. The molecule has 7 heteroatoms. The predicted molar refractivity (Wildman–Crippen MR) is 100 cm³/mol. The Labute approximate surface area is 156 Å². The van der Waals surface area contributed by atoms with Crippen molar-refractivity contribution < 1.29 is 14.3 Å². The van der Waals surface area contributed by atoms with E-state index in [4.69, 9.17) is 21.1 Å². The molecule has 2 heterocycles. The Morgan fingerprint density at radius 3 is 2.42 bits per heavy atom. The molecule has 0 atom stereocenters. The van der Waals surface area contributed by atoms with Crippen LogP contribution in [-0.2, 0) is 11.8 Å². The topological polar surface area (TPSA) is 66.2 Å². The minimum atomic E-state index is -0.511. The third-order valence-corrected chi connectivity index (χ3v) is 4.65. The molecule has 0 N–H and O–H groups in total. The van der Waals surface area contributed by atoms with Crippen molar-refractivity contribution in [3.63, 3.8) is 0 Å². The zero-order valence-electron chi connectivity index (χ0n) is 15.4. The molecule has 1 aromatic carbocycles. The van der Waals surface area contributed by atoms with Gasteiger partial charge in [-0.15, -0.1) is 5.10 Å². The summed E-state index contributed by atoms with van der Waals surface area (Å²) in [7, 11) is 1.79. The van der Waals surface area contributed by atoms with Crippen LogP contribution in [0.1, 0.15) is 22.4 Å². The van der Waals surface area contributed by atoms with E-state index in [1.165, 1.54) is 0 Å². The summed E-state index contributed by atoms with van der Waals surface area (Å²) in [6.45, 7) is 7.36. The van der Waals surface area contributed by atoms with Crippen LogP contribution in [0.25, 0.3) is 11.0 Å². The largest absolute Gasteiger partial charge is 0.464 e. The van der Waals surface area contributed by atoms with Crippen molar-refractivity contribution in [2.24, 2.45) is 7.05 Å². The van der Waals surface area contributed by atoms with Gasteiger partial charge in [-0.2, -0.15) is 0 Å². The number of benzene rings is 1. The number of nitrogens with zero attached hydrogens (tertiary/aromatic N) is 3. The van der Waals surface area contributed by atoms with E-state index in [-0.39, 0.29) is 6.61 Å². The molecule has 0 aliphatic carbocycles. The third kappa shape index (κ3) is 3.51. The van der Waals surface area contributed by atoms with Crippen LogP contribution in [0.5, 0.6) is 11.6 Å². The number of carbonyl (C=O) groups is 1. The van der Waals surface area contributed by atoms with Gasteiger partial charge in [0, 0.05) is 17.8 Å². The summed E-state index contributed by atoms with van der Waals surface area (Å²) < 4.78 is 12.6. The number of hydrogen-bond donors (Lipinski definition) is 0. The monoisotopic (exact) mass is 373 g/mol. The van der Waals surface area contributed by atoms with Crippen LogP contribution in [0, 0.1) is 27.7 Å². The van der Waals surface area contributed by atoms with Crippen LogP contribution in [-0.4, -0.2) is 27.3 Å². The number of carbonyl (C=O) groups excluding carboxylic acids is 1. The van der Waals surface area contributed by atoms with Crippen LogP contribution in [0.4, 0.5) is 0 Å². The molecule has 0 unspecified atom stereocenters. The lowest BCUT2D eigenvalue weighted by Gasteiger charge is -2.09. The van der Waals surface area contributed by atoms with Gasteiger partial charge in [0.1, 0.15) is 5.75 Å². The second-order valence-corrected chi connectivity index (χ2v) is 6.72. The molecule has 0 aliphatic heterocycles. The lowest BCUT2D eigenvalue weighted by atomic mass is 10.1. The molecule has 2 aromatic heterocycles. The van der Waals surface area contributed by atoms with Gasteiger partial charge in [0.2, 0.25) is 5.88 Å². The highest BCUT2D eigenvalue weighted by molar-refractivity contribution is 6.32. The molecule has 3 rings (SSSR count). The summed E-state index contributed by atoms with van der Waals surface area (Å²) in [6.07, 6.45) is 0. The van der Waals surface area contributed by atoms with Crippen molar-refractivity contribution in [2.75, 3.05) is 6.61 Å². The highest BCUT2D eigenvalue weighted by Gasteiger charge is 2.16. The zero-order chi connectivity index (χ0) is 19.0. The fourth-order valence-electron chi connectivity index (χ4n) is 2.90. The Bertz CT molecular complexity index is 988. The fourth-order valence-corrected chi connectivity index (χ4v) is 3.01. The van der Waals surface area contributed by atoms with Gasteiger partial charge in [0.15, 0.2) is 12.3 Å². The average molecular weight is 374 g/mol. The average Bonchev–Trinajstić information content (AvgIpc) is 2.87. The summed E-state index contributed by atoms with van der Waals surface area (Å²) >= 11 is 6.13. The standard InChI is InChI=1S/C19H20ClN3O3/c1-10-6-13(4)21-18-16(10)19(22-23(18)5)25-9-15(24)26-14-7-11(2)17(20)12(3)8-14/h6-8H,9H2,1-5H3. The first kappa shape index (κ1) is 18.2. The van der Waals surface area contributed by atoms with E-state index in [9.17, 15) is 4.79 Å². The summed E-state index contributed by atoms with van der Waals surface area (Å²) in [5.74, 6) is 0.299. The Morgan fingerprint density at radius 1 is 1.12 bits per heavy atom. The number of pyridine rings is 1. The fraction of sp³-hybridized carbons (Fsp3) is 0.316. The van der Waals surface area contributed by atoms with Crippen molar-refractivity contribution in [1.29, 1.82) is 0 Å². The summed E-state index contributed by atoms with van der Waals surface area (Å²) in [5.41, 5.74) is 4.31. The van der Waals surface area contributed by atoms with Crippen LogP contribution < -0.4 is 9.47 Å². The van der Waals surface area contributed by atoms with Crippen molar-refractivity contribution in [2.45, 2.75) is 27.7 Å². The number of esters is 1. The van der Waals surface area contributed by atoms with E-state index < -0.39 is 5.97 Å². The molecule has 0 spiro atoms. The first-order chi connectivity index (χ1) is 12.3. The summed E-state index contributed by atoms with van der Waals surface area (Å²) in [6, 6.07) is 5.40. The quantitative estimate of drug-likeness (QED) is 0.513. The van der Waals surface area contributed by atoms with E-state index >= 15 is 0 Å². The van der Waals surface area contributed by atoms with E-state index in [1.54, 1.807) is 23.9 Å². The van der Waals surface area contributed by atoms with E-state index in [0.717, 1.165) is 33.4 Å². The predicted octanol–water partition coefficient (Wildman–Crippen LogP) is 3.84. The maximum absolute atomic E-state index is 12.1.